The number of allylic oxidation sites excluding steroid dienone is 2. The Morgan fingerprint density at radius 1 is 1.00 bits per heavy atom. The maximum absolute atomic E-state index is 13.8. The highest BCUT2D eigenvalue weighted by Gasteiger charge is 2.41. The number of likely N-dealkylation sites (tertiary alicyclic amines) is 1. The van der Waals surface area contributed by atoms with E-state index in [4.69, 9.17) is 4.74 Å². The topological polar surface area (TPSA) is 118 Å². The van der Waals surface area contributed by atoms with E-state index in [0.29, 0.717) is 64.8 Å². The van der Waals surface area contributed by atoms with Gasteiger partial charge in [0.1, 0.15) is 18.1 Å². The van der Waals surface area contributed by atoms with Gasteiger partial charge in [0.05, 0.1) is 10.9 Å². The number of hydrogen-bond donors (Lipinski definition) is 2. The third-order valence-corrected chi connectivity index (χ3v) is 9.07. The summed E-state index contributed by atoms with van der Waals surface area (Å²) in [6.07, 6.45) is 7.83. The van der Waals surface area contributed by atoms with E-state index >= 15 is 0 Å². The Hall–Kier alpha value is -4.05. The van der Waals surface area contributed by atoms with Crippen LogP contribution in [0.25, 0.3) is 11.0 Å². The van der Waals surface area contributed by atoms with Crippen LogP contribution in [0.3, 0.4) is 0 Å². The Labute approximate surface area is 245 Å². The minimum atomic E-state index is -0.691. The average molecular weight is 571 g/mol. The van der Waals surface area contributed by atoms with Crippen LogP contribution >= 0.6 is 0 Å². The number of ether oxygens (including phenoxy) is 1. The number of benzene rings is 2. The number of amides is 3. The molecule has 0 unspecified atom stereocenters. The smallest absolute Gasteiger partial charge is 0.244 e. The number of aromatic nitrogens is 3. The SMILES string of the molecule is O=C1N[C@H]2CCN(C(=O)Cn3nnc4ccccc43)C[C@H]2C/C=C/CC2(CCOCC2)C(=O)N[C@@H]1Cc1ccccc1. The van der Waals surface area contributed by atoms with Crippen LogP contribution in [-0.2, 0) is 32.1 Å². The molecule has 0 aliphatic carbocycles. The molecule has 3 aliphatic rings. The predicted molar refractivity (Wildman–Crippen MR) is 157 cm³/mol. The van der Waals surface area contributed by atoms with Crippen molar-refractivity contribution in [3.63, 3.8) is 0 Å². The van der Waals surface area contributed by atoms with Gasteiger partial charge >= 0.3 is 0 Å². The minimum Gasteiger partial charge on any atom is -0.381 e. The summed E-state index contributed by atoms with van der Waals surface area (Å²) in [6.45, 7) is 2.25. The van der Waals surface area contributed by atoms with Crippen LogP contribution in [0, 0.1) is 11.3 Å². The first-order valence-corrected chi connectivity index (χ1v) is 14.9. The van der Waals surface area contributed by atoms with Gasteiger partial charge in [-0.2, -0.15) is 0 Å². The van der Waals surface area contributed by atoms with Crippen molar-refractivity contribution < 1.29 is 19.1 Å². The molecule has 3 amide bonds. The van der Waals surface area contributed by atoms with Crippen LogP contribution < -0.4 is 10.6 Å². The number of nitrogens with one attached hydrogen (secondary N) is 2. The van der Waals surface area contributed by atoms with Gasteiger partial charge in [-0.05, 0) is 49.8 Å². The van der Waals surface area contributed by atoms with Gasteiger partial charge in [0.25, 0.3) is 0 Å². The van der Waals surface area contributed by atoms with E-state index in [2.05, 4.69) is 33.1 Å². The van der Waals surface area contributed by atoms with Crippen LogP contribution in [0.4, 0.5) is 0 Å². The molecule has 1 spiro atoms. The lowest BCUT2D eigenvalue weighted by Gasteiger charge is -2.40. The lowest BCUT2D eigenvalue weighted by atomic mass is 9.75. The standard InChI is InChI=1S/C32H38N6O4/c39-29(22-38-28-12-5-4-11-26(28)35-36-38)37-17-13-25-24(21-37)10-6-7-14-32(15-18-42-19-16-32)31(41)34-27(30(40)33-25)20-23-8-2-1-3-9-23/h1-9,11-12,24-25,27H,10,13-22H2,(H,33,40)(H,34,41)/b7-6+/t24-,25+,27-/m1/s1. The van der Waals surface area contributed by atoms with Crippen LogP contribution in [0.1, 0.15) is 37.7 Å². The fraction of sp³-hybridized carbons (Fsp3) is 0.469. The Bertz CT molecular complexity index is 1450. The maximum atomic E-state index is 13.8. The second kappa shape index (κ2) is 12.4. The second-order valence-electron chi connectivity index (χ2n) is 11.8. The van der Waals surface area contributed by atoms with Gasteiger partial charge in [-0.15, -0.1) is 5.10 Å². The van der Waals surface area contributed by atoms with Crippen molar-refractivity contribution in [1.29, 1.82) is 0 Å². The highest BCUT2D eigenvalue weighted by atomic mass is 16.5. The second-order valence-corrected chi connectivity index (χ2v) is 11.8. The monoisotopic (exact) mass is 570 g/mol. The minimum absolute atomic E-state index is 0.0131. The van der Waals surface area contributed by atoms with Crippen molar-refractivity contribution in [3.05, 3.63) is 72.3 Å². The van der Waals surface area contributed by atoms with E-state index in [1.54, 1.807) is 4.68 Å². The summed E-state index contributed by atoms with van der Waals surface area (Å²) in [5.41, 5.74) is 1.98. The van der Waals surface area contributed by atoms with Crippen molar-refractivity contribution in [3.8, 4) is 0 Å². The lowest BCUT2D eigenvalue weighted by Crippen LogP contribution is -2.58. The molecular formula is C32H38N6O4. The van der Waals surface area contributed by atoms with E-state index < -0.39 is 11.5 Å². The van der Waals surface area contributed by atoms with Gasteiger partial charge in [0.15, 0.2) is 0 Å². The third kappa shape index (κ3) is 6.09. The van der Waals surface area contributed by atoms with E-state index in [0.717, 1.165) is 16.6 Å². The summed E-state index contributed by atoms with van der Waals surface area (Å²) in [5, 5.41) is 14.8. The average Bonchev–Trinajstić information content (AvgIpc) is 3.42. The van der Waals surface area contributed by atoms with Gasteiger partial charge in [-0.1, -0.05) is 59.8 Å². The molecule has 2 N–H and O–H groups in total. The predicted octanol–water partition coefficient (Wildman–Crippen LogP) is 2.64. The molecule has 10 nitrogen and oxygen atoms in total. The number of carbonyl (C=O) groups excluding carboxylic acids is 3. The molecular weight excluding hydrogens is 532 g/mol. The van der Waals surface area contributed by atoms with Crippen molar-refractivity contribution in [2.24, 2.45) is 11.3 Å². The lowest BCUT2D eigenvalue weighted by molar-refractivity contribution is -0.140. The van der Waals surface area contributed by atoms with E-state index in [1.165, 1.54) is 0 Å². The summed E-state index contributed by atoms with van der Waals surface area (Å²) >= 11 is 0. The highest BCUT2D eigenvalue weighted by molar-refractivity contribution is 5.90. The van der Waals surface area contributed by atoms with Crippen molar-refractivity contribution in [2.45, 2.75) is 57.2 Å². The molecule has 2 saturated heterocycles. The molecule has 1 aromatic heterocycles. The maximum Gasteiger partial charge on any atom is 0.244 e. The zero-order valence-electron chi connectivity index (χ0n) is 23.8. The summed E-state index contributed by atoms with van der Waals surface area (Å²) in [7, 11) is 0. The summed E-state index contributed by atoms with van der Waals surface area (Å²) in [6, 6.07) is 16.6. The molecule has 220 valence electrons. The Kier molecular flexibility index (Phi) is 8.32. The van der Waals surface area contributed by atoms with Crippen LogP contribution in [-0.4, -0.2) is 76.0 Å². The Balaban J connectivity index is 1.21. The molecule has 4 heterocycles. The largest absolute Gasteiger partial charge is 0.381 e. The summed E-state index contributed by atoms with van der Waals surface area (Å²) < 4.78 is 7.25. The van der Waals surface area contributed by atoms with Crippen molar-refractivity contribution >= 4 is 28.8 Å². The van der Waals surface area contributed by atoms with Crippen LogP contribution in [0.5, 0.6) is 0 Å². The molecule has 2 aromatic carbocycles. The number of carbonyl (C=O) groups is 3. The molecule has 0 bridgehead atoms. The number of para-hydroxylation sites is 1. The zero-order chi connectivity index (χ0) is 28.9. The molecule has 3 aliphatic heterocycles. The Morgan fingerprint density at radius 2 is 1.79 bits per heavy atom. The zero-order valence-corrected chi connectivity index (χ0v) is 23.8. The highest BCUT2D eigenvalue weighted by Crippen LogP contribution is 2.36. The Morgan fingerprint density at radius 3 is 2.62 bits per heavy atom. The normalized spacial score (nSPS) is 25.5. The molecule has 0 radical (unpaired) electrons. The number of nitrogens with zero attached hydrogens (tertiary/aromatic N) is 4. The molecule has 3 atom stereocenters. The number of fused-ring (bicyclic) bond motifs is 2. The fourth-order valence-corrected chi connectivity index (χ4v) is 6.47. The fourth-order valence-electron chi connectivity index (χ4n) is 6.47. The number of piperidine rings is 1. The van der Waals surface area contributed by atoms with Crippen LogP contribution in [0.2, 0.25) is 0 Å². The number of rotatable bonds is 4. The van der Waals surface area contributed by atoms with Crippen LogP contribution in [0.15, 0.2) is 66.7 Å². The molecule has 42 heavy (non-hydrogen) atoms. The van der Waals surface area contributed by atoms with Gasteiger partial charge in [0.2, 0.25) is 17.7 Å². The number of hydrogen-bond acceptors (Lipinski definition) is 6. The molecule has 2 fully saturated rings. The van der Waals surface area contributed by atoms with E-state index in [-0.39, 0.29) is 36.2 Å². The first-order chi connectivity index (χ1) is 20.5. The first kappa shape index (κ1) is 28.1. The van der Waals surface area contributed by atoms with Crippen molar-refractivity contribution in [2.75, 3.05) is 26.3 Å². The van der Waals surface area contributed by atoms with Gasteiger partial charge in [-0.25, -0.2) is 4.68 Å². The molecule has 10 heteroatoms. The van der Waals surface area contributed by atoms with E-state index in [9.17, 15) is 14.4 Å². The summed E-state index contributed by atoms with van der Waals surface area (Å²) in [4.78, 5) is 42.8. The summed E-state index contributed by atoms with van der Waals surface area (Å²) in [5.74, 6) is -0.220. The van der Waals surface area contributed by atoms with Gasteiger partial charge in [-0.3, -0.25) is 14.4 Å². The first-order valence-electron chi connectivity index (χ1n) is 14.9. The van der Waals surface area contributed by atoms with Gasteiger partial charge < -0.3 is 20.3 Å². The molecule has 3 aromatic rings. The van der Waals surface area contributed by atoms with Crippen molar-refractivity contribution in [1.82, 2.24) is 30.5 Å². The molecule has 0 saturated carbocycles. The molecule has 6 rings (SSSR count). The van der Waals surface area contributed by atoms with Gasteiger partial charge in [0, 0.05) is 44.7 Å². The third-order valence-electron chi connectivity index (χ3n) is 9.07. The quantitative estimate of drug-likeness (QED) is 0.466. The van der Waals surface area contributed by atoms with E-state index in [1.807, 2.05) is 59.5 Å².